The van der Waals surface area contributed by atoms with Crippen LogP contribution in [0.4, 0.5) is 0 Å². The molecule has 0 saturated carbocycles. The summed E-state index contributed by atoms with van der Waals surface area (Å²) in [5, 5.41) is 0. The number of ether oxygens (including phenoxy) is 1. The molecule has 3 nitrogen and oxygen atoms in total. The first-order valence-corrected chi connectivity index (χ1v) is 11.4. The fourth-order valence-electron chi connectivity index (χ4n) is 3.18. The molecule has 0 N–H and O–H groups in total. The molecule has 0 atom stereocenters. The van der Waals surface area contributed by atoms with E-state index in [0.29, 0.717) is 15.5 Å². The zero-order valence-corrected chi connectivity index (χ0v) is 18.0. The summed E-state index contributed by atoms with van der Waals surface area (Å²) in [7, 11) is -3.53. The van der Waals surface area contributed by atoms with Crippen LogP contribution in [0, 0.1) is 0 Å². The Morgan fingerprint density at radius 2 is 1.26 bits per heavy atom. The SMILES string of the molecule is CCC(CC)Oc1ccc(S(=O)(=O)c2ccc(C(C)(CC)CC)cc2)cc1. The average Bonchev–Trinajstić information content (AvgIpc) is 2.71. The van der Waals surface area contributed by atoms with Gasteiger partial charge in [0, 0.05) is 0 Å². The smallest absolute Gasteiger partial charge is 0.206 e. The fourth-order valence-corrected chi connectivity index (χ4v) is 4.44. The predicted octanol–water partition coefficient (Wildman–Crippen LogP) is 6.16. The summed E-state index contributed by atoms with van der Waals surface area (Å²) in [6.07, 6.45) is 4.06. The highest BCUT2D eigenvalue weighted by Gasteiger charge is 2.24. The van der Waals surface area contributed by atoms with Gasteiger partial charge in [0.25, 0.3) is 0 Å². The Labute approximate surface area is 164 Å². The molecule has 148 valence electrons. The van der Waals surface area contributed by atoms with Crippen molar-refractivity contribution in [3.63, 3.8) is 0 Å². The van der Waals surface area contributed by atoms with Gasteiger partial charge in [0.05, 0.1) is 15.9 Å². The second-order valence-electron chi connectivity index (χ2n) is 7.32. The summed E-state index contributed by atoms with van der Waals surface area (Å²) >= 11 is 0. The zero-order chi connectivity index (χ0) is 20.1. The van der Waals surface area contributed by atoms with Crippen LogP contribution in [-0.4, -0.2) is 14.5 Å². The second-order valence-corrected chi connectivity index (χ2v) is 9.27. The van der Waals surface area contributed by atoms with Crippen LogP contribution < -0.4 is 4.74 Å². The normalized spacial score (nSPS) is 12.4. The molecule has 2 aromatic carbocycles. The van der Waals surface area contributed by atoms with Crippen molar-refractivity contribution >= 4 is 9.84 Å². The van der Waals surface area contributed by atoms with E-state index in [1.165, 1.54) is 5.56 Å². The molecular weight excluding hydrogens is 356 g/mol. The molecule has 2 rings (SSSR count). The Morgan fingerprint density at radius 1 is 0.815 bits per heavy atom. The van der Waals surface area contributed by atoms with Crippen LogP contribution in [0.3, 0.4) is 0 Å². The first kappa shape index (κ1) is 21.5. The Balaban J connectivity index is 2.25. The van der Waals surface area contributed by atoms with Crippen molar-refractivity contribution in [2.45, 2.75) is 81.6 Å². The van der Waals surface area contributed by atoms with Gasteiger partial charge in [-0.25, -0.2) is 8.42 Å². The van der Waals surface area contributed by atoms with Crippen molar-refractivity contribution < 1.29 is 13.2 Å². The minimum absolute atomic E-state index is 0.0797. The van der Waals surface area contributed by atoms with Gasteiger partial charge in [0.1, 0.15) is 5.75 Å². The van der Waals surface area contributed by atoms with Crippen LogP contribution in [0.15, 0.2) is 58.3 Å². The lowest BCUT2D eigenvalue weighted by atomic mass is 9.78. The molecule has 0 bridgehead atoms. The lowest BCUT2D eigenvalue weighted by molar-refractivity contribution is 0.193. The first-order chi connectivity index (χ1) is 12.8. The van der Waals surface area contributed by atoms with E-state index in [1.807, 2.05) is 12.1 Å². The van der Waals surface area contributed by atoms with Crippen molar-refractivity contribution in [1.29, 1.82) is 0 Å². The number of hydrogen-bond donors (Lipinski definition) is 0. The van der Waals surface area contributed by atoms with Gasteiger partial charge in [-0.1, -0.05) is 46.8 Å². The predicted molar refractivity (Wildman–Crippen MR) is 111 cm³/mol. The minimum Gasteiger partial charge on any atom is -0.490 e. The largest absolute Gasteiger partial charge is 0.490 e. The van der Waals surface area contributed by atoms with E-state index in [1.54, 1.807) is 36.4 Å². The van der Waals surface area contributed by atoms with Gasteiger partial charge < -0.3 is 4.74 Å². The molecular formula is C23H32O3S. The minimum atomic E-state index is -3.53. The van der Waals surface area contributed by atoms with Crippen molar-refractivity contribution in [3.05, 3.63) is 54.1 Å². The summed E-state index contributed by atoms with van der Waals surface area (Å²) in [6.45, 7) is 10.7. The Kier molecular flexibility index (Phi) is 7.10. The van der Waals surface area contributed by atoms with E-state index in [9.17, 15) is 8.42 Å². The van der Waals surface area contributed by atoms with Crippen molar-refractivity contribution in [1.82, 2.24) is 0 Å². The van der Waals surface area contributed by atoms with E-state index in [4.69, 9.17) is 4.74 Å². The van der Waals surface area contributed by atoms with Crippen molar-refractivity contribution in [3.8, 4) is 5.75 Å². The first-order valence-electron chi connectivity index (χ1n) is 9.93. The molecule has 2 aromatic rings. The molecule has 27 heavy (non-hydrogen) atoms. The Bertz CT molecular complexity index is 813. The van der Waals surface area contributed by atoms with Gasteiger partial charge in [-0.05, 0) is 73.1 Å². The molecule has 0 radical (unpaired) electrons. The van der Waals surface area contributed by atoms with Gasteiger partial charge >= 0.3 is 0 Å². The summed E-state index contributed by atoms with van der Waals surface area (Å²) in [5.41, 5.74) is 1.26. The van der Waals surface area contributed by atoms with Crippen LogP contribution in [0.1, 0.15) is 65.9 Å². The van der Waals surface area contributed by atoms with E-state index < -0.39 is 9.84 Å². The monoisotopic (exact) mass is 388 g/mol. The molecule has 0 amide bonds. The third-order valence-electron chi connectivity index (χ3n) is 5.77. The summed E-state index contributed by atoms with van der Waals surface area (Å²) < 4.78 is 31.7. The van der Waals surface area contributed by atoms with Crippen molar-refractivity contribution in [2.24, 2.45) is 0 Å². The molecule has 0 heterocycles. The maximum atomic E-state index is 12.9. The van der Waals surface area contributed by atoms with E-state index in [-0.39, 0.29) is 11.5 Å². The quantitative estimate of drug-likeness (QED) is 0.516. The van der Waals surface area contributed by atoms with Crippen LogP contribution in [0.2, 0.25) is 0 Å². The second kappa shape index (κ2) is 8.92. The van der Waals surface area contributed by atoms with Crippen LogP contribution in [-0.2, 0) is 15.3 Å². The molecule has 0 aliphatic rings. The Hall–Kier alpha value is -1.81. The number of sulfone groups is 1. The van der Waals surface area contributed by atoms with Crippen LogP contribution >= 0.6 is 0 Å². The lowest BCUT2D eigenvalue weighted by Crippen LogP contribution is -2.19. The third kappa shape index (κ3) is 4.73. The standard InChI is InChI=1S/C23H32O3S/c1-6-19(7-2)26-20-12-16-22(17-13-20)27(24,25)21-14-10-18(11-15-21)23(5,8-3)9-4/h10-17,19H,6-9H2,1-5H3. The maximum absolute atomic E-state index is 12.9. The number of rotatable bonds is 9. The van der Waals surface area contributed by atoms with E-state index in [2.05, 4.69) is 34.6 Å². The molecule has 0 aliphatic carbocycles. The summed E-state index contributed by atoms with van der Waals surface area (Å²) in [5.74, 6) is 0.708. The molecule has 0 spiro atoms. The molecule has 0 fully saturated rings. The molecule has 0 unspecified atom stereocenters. The van der Waals surface area contributed by atoms with Gasteiger partial charge in [0.15, 0.2) is 0 Å². The topological polar surface area (TPSA) is 43.4 Å². The summed E-state index contributed by atoms with van der Waals surface area (Å²) in [6, 6.07) is 14.1. The van der Waals surface area contributed by atoms with Gasteiger partial charge in [-0.3, -0.25) is 0 Å². The van der Waals surface area contributed by atoms with E-state index in [0.717, 1.165) is 25.7 Å². The van der Waals surface area contributed by atoms with Crippen molar-refractivity contribution in [2.75, 3.05) is 0 Å². The average molecular weight is 389 g/mol. The molecule has 0 saturated heterocycles. The van der Waals surface area contributed by atoms with E-state index >= 15 is 0 Å². The van der Waals surface area contributed by atoms with Crippen LogP contribution in [0.5, 0.6) is 5.75 Å². The lowest BCUT2D eigenvalue weighted by Gasteiger charge is -2.27. The van der Waals surface area contributed by atoms with Gasteiger partial charge in [-0.15, -0.1) is 0 Å². The molecule has 0 aromatic heterocycles. The molecule has 0 aliphatic heterocycles. The zero-order valence-electron chi connectivity index (χ0n) is 17.2. The maximum Gasteiger partial charge on any atom is 0.206 e. The van der Waals surface area contributed by atoms with Gasteiger partial charge in [0.2, 0.25) is 9.84 Å². The van der Waals surface area contributed by atoms with Gasteiger partial charge in [-0.2, -0.15) is 0 Å². The fraction of sp³-hybridized carbons (Fsp3) is 0.478. The number of hydrogen-bond acceptors (Lipinski definition) is 3. The summed E-state index contributed by atoms with van der Waals surface area (Å²) in [4.78, 5) is 0.621. The van der Waals surface area contributed by atoms with Crippen LogP contribution in [0.25, 0.3) is 0 Å². The third-order valence-corrected chi connectivity index (χ3v) is 7.56. The highest BCUT2D eigenvalue weighted by Crippen LogP contribution is 2.32. The highest BCUT2D eigenvalue weighted by atomic mass is 32.2. The Morgan fingerprint density at radius 3 is 1.67 bits per heavy atom. The molecule has 4 heteroatoms. The highest BCUT2D eigenvalue weighted by molar-refractivity contribution is 7.91. The number of benzene rings is 2.